The normalized spacial score (nSPS) is 21.0. The van der Waals surface area contributed by atoms with Crippen molar-refractivity contribution in [2.75, 3.05) is 13.1 Å². The molecule has 6 heteroatoms. The van der Waals surface area contributed by atoms with Crippen LogP contribution in [0.15, 0.2) is 6.07 Å². The van der Waals surface area contributed by atoms with Gasteiger partial charge in [0.15, 0.2) is 11.4 Å². The molecule has 25 heavy (non-hydrogen) atoms. The molecule has 3 rings (SSSR count). The molecule has 3 N–H and O–H groups in total. The molecule has 138 valence electrons. The largest absolute Gasteiger partial charge is 0.484 e. The van der Waals surface area contributed by atoms with E-state index in [1.807, 2.05) is 27.7 Å². The number of carbonyl (C=O) groups is 1. The predicted octanol–water partition coefficient (Wildman–Crippen LogP) is 3.14. The lowest BCUT2D eigenvalue weighted by molar-refractivity contribution is -0.256. The molecule has 0 spiro atoms. The van der Waals surface area contributed by atoms with Crippen molar-refractivity contribution in [1.29, 1.82) is 0 Å². The molecule has 1 atom stereocenters. The highest BCUT2D eigenvalue weighted by atomic mass is 19.1. The van der Waals surface area contributed by atoms with Crippen molar-refractivity contribution in [3.8, 4) is 5.75 Å². The molecule has 0 unspecified atom stereocenters. The minimum Gasteiger partial charge on any atom is -0.484 e. The molecule has 0 aliphatic carbocycles. The molecule has 2 heterocycles. The van der Waals surface area contributed by atoms with E-state index in [1.165, 1.54) is 6.07 Å². The Balaban J connectivity index is 1.74. The molecule has 1 amide bonds. The van der Waals surface area contributed by atoms with Gasteiger partial charge in [0.05, 0.1) is 0 Å². The Morgan fingerprint density at radius 3 is 2.60 bits per heavy atom. The number of fused-ring (bicyclic) bond motifs is 1. The molecule has 2 aliphatic rings. The lowest BCUT2D eigenvalue weighted by Crippen LogP contribution is -2.42. The van der Waals surface area contributed by atoms with Crippen molar-refractivity contribution in [2.45, 2.75) is 64.6 Å². The van der Waals surface area contributed by atoms with Crippen LogP contribution in [0.25, 0.3) is 0 Å². The second kappa shape index (κ2) is 6.48. The summed E-state index contributed by atoms with van der Waals surface area (Å²) in [6.07, 6.45) is 1.94. The second-order valence-corrected chi connectivity index (χ2v) is 8.11. The van der Waals surface area contributed by atoms with E-state index in [-0.39, 0.29) is 23.9 Å². The van der Waals surface area contributed by atoms with E-state index in [0.29, 0.717) is 18.8 Å². The molecule has 1 saturated heterocycles. The summed E-state index contributed by atoms with van der Waals surface area (Å²) in [5.74, 6) is 0.651. The van der Waals surface area contributed by atoms with Gasteiger partial charge in [0.1, 0.15) is 17.5 Å². The first-order valence-corrected chi connectivity index (χ1v) is 8.97. The summed E-state index contributed by atoms with van der Waals surface area (Å²) < 4.78 is 25.9. The minimum absolute atomic E-state index is 0.0536. The Bertz CT molecular complexity index is 676. The van der Waals surface area contributed by atoms with Crippen LogP contribution in [-0.4, -0.2) is 35.8 Å². The van der Waals surface area contributed by atoms with Gasteiger partial charge in [0.25, 0.3) is 0 Å². The SMILES string of the molecule is C[C@@H]1Cc2c(c([NH3+])cc(F)c2C2CCN(C(=O)OC(C)(C)C)CC2)O1. The summed E-state index contributed by atoms with van der Waals surface area (Å²) in [4.78, 5) is 13.9. The zero-order valence-electron chi connectivity index (χ0n) is 15.5. The number of carbonyl (C=O) groups excluding carboxylic acids is 1. The van der Waals surface area contributed by atoms with Gasteiger partial charge in [-0.05, 0) is 52.0 Å². The molecule has 0 aromatic heterocycles. The molecular formula is C19H28FN2O3+. The van der Waals surface area contributed by atoms with Crippen molar-refractivity contribution in [1.82, 2.24) is 4.90 Å². The van der Waals surface area contributed by atoms with Gasteiger partial charge in [0.2, 0.25) is 0 Å². The Labute approximate surface area is 148 Å². The number of amides is 1. The van der Waals surface area contributed by atoms with Gasteiger partial charge in [-0.25, -0.2) is 9.18 Å². The smallest absolute Gasteiger partial charge is 0.410 e. The van der Waals surface area contributed by atoms with Crippen molar-refractivity contribution in [3.63, 3.8) is 0 Å². The van der Waals surface area contributed by atoms with Gasteiger partial charge >= 0.3 is 6.09 Å². The van der Waals surface area contributed by atoms with E-state index in [1.54, 1.807) is 4.90 Å². The number of ether oxygens (including phenoxy) is 2. The number of hydrogen-bond donors (Lipinski definition) is 1. The third kappa shape index (κ3) is 3.73. The highest BCUT2D eigenvalue weighted by molar-refractivity contribution is 5.68. The summed E-state index contributed by atoms with van der Waals surface area (Å²) in [5, 5.41) is 0. The Hall–Kier alpha value is -1.82. The van der Waals surface area contributed by atoms with Crippen LogP contribution in [-0.2, 0) is 11.2 Å². The van der Waals surface area contributed by atoms with Crippen molar-refractivity contribution >= 4 is 11.8 Å². The quantitative estimate of drug-likeness (QED) is 0.845. The van der Waals surface area contributed by atoms with Gasteiger partial charge in [-0.3, -0.25) is 0 Å². The third-order valence-electron chi connectivity index (χ3n) is 4.81. The number of likely N-dealkylation sites (tertiary alicyclic amines) is 1. The molecule has 1 aromatic carbocycles. The molecular weight excluding hydrogens is 323 g/mol. The van der Waals surface area contributed by atoms with Gasteiger partial charge < -0.3 is 20.1 Å². The van der Waals surface area contributed by atoms with Crippen LogP contribution in [0.5, 0.6) is 5.75 Å². The maximum atomic E-state index is 14.7. The van der Waals surface area contributed by atoms with Gasteiger partial charge in [-0.2, -0.15) is 0 Å². The zero-order valence-corrected chi connectivity index (χ0v) is 15.5. The zero-order chi connectivity index (χ0) is 18.4. The van der Waals surface area contributed by atoms with Crippen LogP contribution < -0.4 is 10.5 Å². The first kappa shape index (κ1) is 18.0. The maximum absolute atomic E-state index is 14.7. The van der Waals surface area contributed by atoms with E-state index >= 15 is 0 Å². The number of quaternary nitrogens is 1. The highest BCUT2D eigenvalue weighted by Gasteiger charge is 2.34. The predicted molar refractivity (Wildman–Crippen MR) is 92.5 cm³/mol. The Morgan fingerprint density at radius 1 is 1.36 bits per heavy atom. The van der Waals surface area contributed by atoms with E-state index in [9.17, 15) is 9.18 Å². The Kier molecular flexibility index (Phi) is 4.66. The number of piperidine rings is 1. The van der Waals surface area contributed by atoms with Crippen LogP contribution in [0.3, 0.4) is 0 Å². The molecule has 2 aliphatic heterocycles. The number of hydrogen-bond acceptors (Lipinski definition) is 3. The fraction of sp³-hybridized carbons (Fsp3) is 0.632. The lowest BCUT2D eigenvalue weighted by atomic mass is 9.84. The maximum Gasteiger partial charge on any atom is 0.410 e. The first-order valence-electron chi connectivity index (χ1n) is 8.97. The Morgan fingerprint density at radius 2 is 2.00 bits per heavy atom. The van der Waals surface area contributed by atoms with E-state index in [4.69, 9.17) is 9.47 Å². The molecule has 1 fully saturated rings. The van der Waals surface area contributed by atoms with Gasteiger partial charge in [-0.15, -0.1) is 0 Å². The summed E-state index contributed by atoms with van der Waals surface area (Å²) in [7, 11) is 0. The molecule has 5 nitrogen and oxygen atoms in total. The number of benzene rings is 1. The van der Waals surface area contributed by atoms with E-state index in [2.05, 4.69) is 5.73 Å². The number of nitrogens with zero attached hydrogens (tertiary/aromatic N) is 1. The highest BCUT2D eigenvalue weighted by Crippen LogP contribution is 2.43. The number of rotatable bonds is 1. The van der Waals surface area contributed by atoms with E-state index in [0.717, 1.165) is 36.1 Å². The second-order valence-electron chi connectivity index (χ2n) is 8.11. The lowest BCUT2D eigenvalue weighted by Gasteiger charge is -2.34. The fourth-order valence-corrected chi connectivity index (χ4v) is 3.75. The van der Waals surface area contributed by atoms with Crippen LogP contribution in [0.2, 0.25) is 0 Å². The molecule has 1 aromatic rings. The molecule has 0 radical (unpaired) electrons. The third-order valence-corrected chi connectivity index (χ3v) is 4.81. The van der Waals surface area contributed by atoms with Crippen molar-refractivity contribution in [3.05, 3.63) is 23.0 Å². The van der Waals surface area contributed by atoms with Gasteiger partial charge in [-0.1, -0.05) is 0 Å². The minimum atomic E-state index is -0.502. The summed E-state index contributed by atoms with van der Waals surface area (Å²) >= 11 is 0. The summed E-state index contributed by atoms with van der Waals surface area (Å²) in [6, 6.07) is 1.48. The van der Waals surface area contributed by atoms with E-state index < -0.39 is 5.60 Å². The topological polar surface area (TPSA) is 66.4 Å². The average Bonchev–Trinajstić information content (AvgIpc) is 2.88. The van der Waals surface area contributed by atoms with Crippen LogP contribution in [0, 0.1) is 5.82 Å². The van der Waals surface area contributed by atoms with Crippen molar-refractivity contribution in [2.24, 2.45) is 0 Å². The first-order chi connectivity index (χ1) is 11.7. The number of halogens is 1. The molecule has 0 bridgehead atoms. The summed E-state index contributed by atoms with van der Waals surface area (Å²) in [5.41, 5.74) is 5.75. The fourth-order valence-electron chi connectivity index (χ4n) is 3.75. The van der Waals surface area contributed by atoms with Crippen LogP contribution in [0.1, 0.15) is 57.6 Å². The van der Waals surface area contributed by atoms with Crippen molar-refractivity contribution < 1.29 is 24.4 Å². The van der Waals surface area contributed by atoms with Crippen LogP contribution >= 0.6 is 0 Å². The molecule has 0 saturated carbocycles. The average molecular weight is 351 g/mol. The van der Waals surface area contributed by atoms with Crippen LogP contribution in [0.4, 0.5) is 14.9 Å². The standard InChI is InChI=1S/C19H27FN2O3/c1-11-9-13-16(14(20)10-15(21)17(13)24-11)12-5-7-22(8-6-12)18(23)25-19(2,3)4/h10-12H,5-9,21H2,1-4H3/p+1/t11-/m1/s1. The van der Waals surface area contributed by atoms with Gasteiger partial charge in [0, 0.05) is 31.1 Å². The monoisotopic (exact) mass is 351 g/mol. The summed E-state index contributed by atoms with van der Waals surface area (Å²) in [6.45, 7) is 8.73.